The molecule has 1 N–H and O–H groups in total. The monoisotopic (exact) mass is 243 g/mol. The zero-order valence-electron chi connectivity index (χ0n) is 12.8. The summed E-state index contributed by atoms with van der Waals surface area (Å²) in [5.41, 5.74) is 0. The van der Waals surface area contributed by atoms with Gasteiger partial charge in [-0.15, -0.1) is 0 Å². The van der Waals surface area contributed by atoms with Gasteiger partial charge in [0.15, 0.2) is 0 Å². The van der Waals surface area contributed by atoms with Crippen molar-refractivity contribution in [1.82, 2.24) is 5.32 Å². The summed E-state index contributed by atoms with van der Waals surface area (Å²) in [6.45, 7) is 15.3. The SMILES string of the molecule is CC(C)CCC(C)NCCOC(C)CC(C)C. The van der Waals surface area contributed by atoms with Crippen molar-refractivity contribution in [1.29, 1.82) is 0 Å². The van der Waals surface area contributed by atoms with Crippen LogP contribution in [0.5, 0.6) is 0 Å². The second kappa shape index (κ2) is 9.90. The third-order valence-electron chi connectivity index (χ3n) is 2.98. The van der Waals surface area contributed by atoms with Crippen LogP contribution in [0.1, 0.15) is 60.8 Å². The van der Waals surface area contributed by atoms with Crippen LogP contribution in [0.2, 0.25) is 0 Å². The molecule has 0 aliphatic rings. The molecule has 0 saturated carbocycles. The molecule has 0 aromatic heterocycles. The van der Waals surface area contributed by atoms with Crippen molar-refractivity contribution < 1.29 is 4.74 Å². The molecule has 0 aliphatic carbocycles. The number of rotatable bonds is 10. The van der Waals surface area contributed by atoms with Crippen LogP contribution in [-0.2, 0) is 4.74 Å². The highest BCUT2D eigenvalue weighted by Gasteiger charge is 2.06. The van der Waals surface area contributed by atoms with Gasteiger partial charge in [-0.1, -0.05) is 27.7 Å². The van der Waals surface area contributed by atoms with E-state index in [1.54, 1.807) is 0 Å². The molecule has 0 aliphatic heterocycles. The molecular formula is C15H33NO. The van der Waals surface area contributed by atoms with Gasteiger partial charge in [-0.25, -0.2) is 0 Å². The first-order valence-corrected chi connectivity index (χ1v) is 7.26. The lowest BCUT2D eigenvalue weighted by atomic mass is 10.0. The Hall–Kier alpha value is -0.0800. The molecule has 2 atom stereocenters. The molecule has 0 bridgehead atoms. The largest absolute Gasteiger partial charge is 0.377 e. The summed E-state index contributed by atoms with van der Waals surface area (Å²) in [5, 5.41) is 3.52. The second-order valence-electron chi connectivity index (χ2n) is 6.14. The zero-order valence-corrected chi connectivity index (χ0v) is 12.8. The predicted octanol–water partition coefficient (Wildman–Crippen LogP) is 3.85. The van der Waals surface area contributed by atoms with E-state index in [9.17, 15) is 0 Å². The molecule has 2 nitrogen and oxygen atoms in total. The van der Waals surface area contributed by atoms with Crippen molar-refractivity contribution in [2.24, 2.45) is 11.8 Å². The van der Waals surface area contributed by atoms with Crippen molar-refractivity contribution in [3.63, 3.8) is 0 Å². The molecule has 0 amide bonds. The minimum Gasteiger partial charge on any atom is -0.377 e. The van der Waals surface area contributed by atoms with Crippen LogP contribution < -0.4 is 5.32 Å². The molecule has 2 unspecified atom stereocenters. The maximum atomic E-state index is 5.77. The molecule has 0 fully saturated rings. The smallest absolute Gasteiger partial charge is 0.0594 e. The Morgan fingerprint density at radius 1 is 0.882 bits per heavy atom. The predicted molar refractivity (Wildman–Crippen MR) is 76.4 cm³/mol. The van der Waals surface area contributed by atoms with Gasteiger partial charge < -0.3 is 10.1 Å². The summed E-state index contributed by atoms with van der Waals surface area (Å²) in [5.74, 6) is 1.53. The molecule has 104 valence electrons. The Balaban J connectivity index is 3.38. The highest BCUT2D eigenvalue weighted by molar-refractivity contribution is 4.62. The van der Waals surface area contributed by atoms with Crippen molar-refractivity contribution in [2.45, 2.75) is 73.0 Å². The minimum absolute atomic E-state index is 0.391. The first-order valence-electron chi connectivity index (χ1n) is 7.26. The number of hydrogen-bond acceptors (Lipinski definition) is 2. The Morgan fingerprint density at radius 2 is 1.53 bits per heavy atom. The van der Waals surface area contributed by atoms with E-state index in [-0.39, 0.29) is 0 Å². The van der Waals surface area contributed by atoms with E-state index >= 15 is 0 Å². The topological polar surface area (TPSA) is 21.3 Å². The third kappa shape index (κ3) is 12.2. The molecule has 0 heterocycles. The van der Waals surface area contributed by atoms with E-state index in [0.717, 1.165) is 31.4 Å². The van der Waals surface area contributed by atoms with Crippen LogP contribution in [0.3, 0.4) is 0 Å². The number of hydrogen-bond donors (Lipinski definition) is 1. The molecule has 2 heteroatoms. The quantitative estimate of drug-likeness (QED) is 0.588. The van der Waals surface area contributed by atoms with Crippen LogP contribution in [-0.4, -0.2) is 25.3 Å². The van der Waals surface area contributed by atoms with Gasteiger partial charge in [-0.3, -0.25) is 0 Å². The first kappa shape index (κ1) is 16.9. The highest BCUT2D eigenvalue weighted by atomic mass is 16.5. The Bertz CT molecular complexity index is 168. The fraction of sp³-hybridized carbons (Fsp3) is 1.00. The maximum absolute atomic E-state index is 5.77. The number of ether oxygens (including phenoxy) is 1. The lowest BCUT2D eigenvalue weighted by Crippen LogP contribution is -2.30. The minimum atomic E-state index is 0.391. The van der Waals surface area contributed by atoms with Crippen molar-refractivity contribution in [3.05, 3.63) is 0 Å². The van der Waals surface area contributed by atoms with Crippen LogP contribution in [0.15, 0.2) is 0 Å². The fourth-order valence-corrected chi connectivity index (χ4v) is 1.98. The highest BCUT2D eigenvalue weighted by Crippen LogP contribution is 2.07. The zero-order chi connectivity index (χ0) is 13.3. The van der Waals surface area contributed by atoms with E-state index in [4.69, 9.17) is 4.74 Å². The lowest BCUT2D eigenvalue weighted by Gasteiger charge is -2.18. The van der Waals surface area contributed by atoms with Gasteiger partial charge in [0.25, 0.3) is 0 Å². The van der Waals surface area contributed by atoms with Crippen LogP contribution in [0, 0.1) is 11.8 Å². The van der Waals surface area contributed by atoms with Gasteiger partial charge in [-0.05, 0) is 44.9 Å². The van der Waals surface area contributed by atoms with Gasteiger partial charge in [0.05, 0.1) is 12.7 Å². The molecule has 0 spiro atoms. The molecule has 0 radical (unpaired) electrons. The van der Waals surface area contributed by atoms with Crippen molar-refractivity contribution in [3.8, 4) is 0 Å². The summed E-state index contributed by atoms with van der Waals surface area (Å²) in [7, 11) is 0. The average molecular weight is 243 g/mol. The van der Waals surface area contributed by atoms with Gasteiger partial charge in [-0.2, -0.15) is 0 Å². The van der Waals surface area contributed by atoms with E-state index in [0.29, 0.717) is 12.1 Å². The van der Waals surface area contributed by atoms with Crippen LogP contribution in [0.4, 0.5) is 0 Å². The molecule has 0 aromatic rings. The standard InChI is InChI=1S/C15H33NO/c1-12(2)7-8-14(5)16-9-10-17-15(6)11-13(3)4/h12-16H,7-11H2,1-6H3. The van der Waals surface area contributed by atoms with Gasteiger partial charge >= 0.3 is 0 Å². The summed E-state index contributed by atoms with van der Waals surface area (Å²) in [6, 6.07) is 0.612. The molecule has 17 heavy (non-hydrogen) atoms. The summed E-state index contributed by atoms with van der Waals surface area (Å²) in [6.07, 6.45) is 4.11. The number of nitrogens with one attached hydrogen (secondary N) is 1. The van der Waals surface area contributed by atoms with E-state index in [2.05, 4.69) is 46.9 Å². The average Bonchev–Trinajstić information content (AvgIpc) is 2.20. The van der Waals surface area contributed by atoms with Crippen molar-refractivity contribution in [2.75, 3.05) is 13.2 Å². The van der Waals surface area contributed by atoms with E-state index in [1.165, 1.54) is 12.8 Å². The lowest BCUT2D eigenvalue weighted by molar-refractivity contribution is 0.0528. The van der Waals surface area contributed by atoms with Gasteiger partial charge in [0.1, 0.15) is 0 Å². The van der Waals surface area contributed by atoms with Crippen molar-refractivity contribution >= 4 is 0 Å². The van der Waals surface area contributed by atoms with Crippen LogP contribution >= 0.6 is 0 Å². The summed E-state index contributed by atoms with van der Waals surface area (Å²) >= 11 is 0. The van der Waals surface area contributed by atoms with Gasteiger partial charge in [0, 0.05) is 12.6 Å². The van der Waals surface area contributed by atoms with E-state index < -0.39 is 0 Å². The fourth-order valence-electron chi connectivity index (χ4n) is 1.98. The molecule has 0 saturated heterocycles. The Labute approximate surface area is 109 Å². The molecule has 0 rings (SSSR count). The summed E-state index contributed by atoms with van der Waals surface area (Å²) in [4.78, 5) is 0. The normalized spacial score (nSPS) is 15.5. The van der Waals surface area contributed by atoms with Gasteiger partial charge in [0.2, 0.25) is 0 Å². The first-order chi connectivity index (χ1) is 7.91. The van der Waals surface area contributed by atoms with Crippen LogP contribution in [0.25, 0.3) is 0 Å². The Morgan fingerprint density at radius 3 is 2.06 bits per heavy atom. The third-order valence-corrected chi connectivity index (χ3v) is 2.98. The molecular weight excluding hydrogens is 210 g/mol. The second-order valence-corrected chi connectivity index (χ2v) is 6.14. The molecule has 0 aromatic carbocycles. The summed E-state index contributed by atoms with van der Waals surface area (Å²) < 4.78 is 5.77. The maximum Gasteiger partial charge on any atom is 0.0594 e. The Kier molecular flexibility index (Phi) is 9.85. The van der Waals surface area contributed by atoms with E-state index in [1.807, 2.05) is 0 Å².